The van der Waals surface area contributed by atoms with E-state index in [0.29, 0.717) is 17.3 Å². The number of aromatic amines is 1. The Kier molecular flexibility index (Phi) is 3.78. The Morgan fingerprint density at radius 3 is 2.67 bits per heavy atom. The minimum absolute atomic E-state index is 0.00698. The van der Waals surface area contributed by atoms with Crippen molar-refractivity contribution in [3.8, 4) is 17.6 Å². The number of nitrogens with one attached hydrogen (secondary N) is 1. The first-order chi connectivity index (χ1) is 13.0. The smallest absolute Gasteiger partial charge is 0.280 e. The summed E-state index contributed by atoms with van der Waals surface area (Å²) >= 11 is 0. The van der Waals surface area contributed by atoms with E-state index < -0.39 is 4.92 Å². The zero-order valence-electron chi connectivity index (χ0n) is 14.6. The van der Waals surface area contributed by atoms with Gasteiger partial charge in [0.15, 0.2) is 11.5 Å². The molecular weight excluding hydrogens is 348 g/mol. The molecule has 3 aromatic rings. The number of aryl methyl sites for hydroxylation is 2. The molecule has 0 fully saturated rings. The quantitative estimate of drug-likeness (QED) is 0.429. The Balaban J connectivity index is 1.85. The molecule has 8 heteroatoms. The number of nitrogens with zero attached hydrogens (tertiary/aromatic N) is 3. The minimum atomic E-state index is -0.520. The Bertz CT molecular complexity index is 1130. The van der Waals surface area contributed by atoms with E-state index in [4.69, 9.17) is 9.47 Å². The maximum absolute atomic E-state index is 11.4. The average Bonchev–Trinajstić information content (AvgIpc) is 3.25. The molecule has 27 heavy (non-hydrogen) atoms. The first kappa shape index (κ1) is 16.6. The highest BCUT2D eigenvalue weighted by Crippen LogP contribution is 2.39. The van der Waals surface area contributed by atoms with E-state index in [0.717, 1.165) is 22.2 Å². The van der Waals surface area contributed by atoms with E-state index in [-0.39, 0.29) is 23.6 Å². The van der Waals surface area contributed by atoms with Crippen LogP contribution in [0.1, 0.15) is 22.5 Å². The normalized spacial score (nSPS) is 13.0. The number of fused-ring (bicyclic) bond motifs is 2. The molecule has 1 aliphatic rings. The maximum Gasteiger partial charge on any atom is 0.280 e. The lowest BCUT2D eigenvalue weighted by molar-refractivity contribution is -0.385. The van der Waals surface area contributed by atoms with E-state index >= 15 is 0 Å². The predicted molar refractivity (Wildman–Crippen MR) is 98.3 cm³/mol. The van der Waals surface area contributed by atoms with Crippen LogP contribution in [0.5, 0.6) is 11.5 Å². The van der Waals surface area contributed by atoms with Gasteiger partial charge in [0.25, 0.3) is 5.69 Å². The van der Waals surface area contributed by atoms with Gasteiger partial charge in [0, 0.05) is 0 Å². The summed E-state index contributed by atoms with van der Waals surface area (Å²) in [5.41, 5.74) is 3.98. The number of hydrogen-bond acceptors (Lipinski definition) is 6. The Morgan fingerprint density at radius 1 is 1.26 bits per heavy atom. The van der Waals surface area contributed by atoms with Gasteiger partial charge in [-0.2, -0.15) is 5.26 Å². The fourth-order valence-corrected chi connectivity index (χ4v) is 2.93. The van der Waals surface area contributed by atoms with Crippen LogP contribution in [-0.4, -0.2) is 21.7 Å². The van der Waals surface area contributed by atoms with Crippen molar-refractivity contribution < 1.29 is 14.4 Å². The summed E-state index contributed by atoms with van der Waals surface area (Å²) in [6.07, 6.45) is 1.43. The van der Waals surface area contributed by atoms with Crippen molar-refractivity contribution in [3.63, 3.8) is 0 Å². The highest BCUT2D eigenvalue weighted by atomic mass is 16.7. The molecule has 1 aromatic heterocycles. The van der Waals surface area contributed by atoms with Crippen LogP contribution in [0.15, 0.2) is 24.3 Å². The van der Waals surface area contributed by atoms with Gasteiger partial charge in [-0.3, -0.25) is 10.1 Å². The van der Waals surface area contributed by atoms with Crippen LogP contribution in [-0.2, 0) is 0 Å². The molecule has 0 radical (unpaired) electrons. The molecule has 0 saturated carbocycles. The minimum Gasteiger partial charge on any atom is -0.454 e. The monoisotopic (exact) mass is 362 g/mol. The number of imidazole rings is 1. The van der Waals surface area contributed by atoms with Crippen molar-refractivity contribution in [3.05, 3.63) is 56.9 Å². The molecular formula is C19H14N4O4. The third-order valence-corrected chi connectivity index (χ3v) is 4.49. The van der Waals surface area contributed by atoms with E-state index in [2.05, 4.69) is 16.0 Å². The molecule has 2 heterocycles. The van der Waals surface area contributed by atoms with Crippen LogP contribution in [0.4, 0.5) is 5.69 Å². The van der Waals surface area contributed by atoms with Crippen molar-refractivity contribution in [1.29, 1.82) is 5.26 Å². The Hall–Kier alpha value is -3.86. The van der Waals surface area contributed by atoms with Crippen LogP contribution in [0.25, 0.3) is 22.7 Å². The van der Waals surface area contributed by atoms with Gasteiger partial charge in [-0.25, -0.2) is 4.98 Å². The summed E-state index contributed by atoms with van der Waals surface area (Å²) in [6.45, 7) is 3.99. The fourth-order valence-electron chi connectivity index (χ4n) is 2.93. The molecule has 4 rings (SSSR count). The van der Waals surface area contributed by atoms with Gasteiger partial charge in [-0.05, 0) is 49.2 Å². The molecule has 0 bridgehead atoms. The van der Waals surface area contributed by atoms with Gasteiger partial charge in [-0.1, -0.05) is 0 Å². The number of nitro groups is 1. The number of rotatable bonds is 3. The first-order valence-corrected chi connectivity index (χ1v) is 8.13. The van der Waals surface area contributed by atoms with Gasteiger partial charge in [0.1, 0.15) is 11.9 Å². The molecule has 0 amide bonds. The first-order valence-electron chi connectivity index (χ1n) is 8.13. The number of H-pyrrole nitrogens is 1. The largest absolute Gasteiger partial charge is 0.454 e. The van der Waals surface area contributed by atoms with Crippen LogP contribution in [0, 0.1) is 35.3 Å². The average molecular weight is 362 g/mol. The van der Waals surface area contributed by atoms with Crippen molar-refractivity contribution in [2.24, 2.45) is 0 Å². The number of hydrogen-bond donors (Lipinski definition) is 1. The van der Waals surface area contributed by atoms with Gasteiger partial charge in [-0.15, -0.1) is 0 Å². The third-order valence-electron chi connectivity index (χ3n) is 4.49. The van der Waals surface area contributed by atoms with Crippen LogP contribution < -0.4 is 9.47 Å². The van der Waals surface area contributed by atoms with Crippen LogP contribution in [0.2, 0.25) is 0 Å². The topological polar surface area (TPSA) is 114 Å². The standard InChI is InChI=1S/C19H14N4O4/c1-10-3-14-15(4-11(10)2)22-19(21-14)13(8-20)5-12-6-17-18(27-9-26-17)7-16(12)23(24)25/h3-7H,9H2,1-2H3,(H,21,22)/b13-5-. The molecule has 1 aliphatic heterocycles. The van der Waals surface area contributed by atoms with E-state index in [9.17, 15) is 15.4 Å². The molecule has 2 aromatic carbocycles. The highest BCUT2D eigenvalue weighted by molar-refractivity contribution is 5.92. The summed E-state index contributed by atoms with van der Waals surface area (Å²) in [5, 5.41) is 21.0. The molecule has 8 nitrogen and oxygen atoms in total. The zero-order valence-corrected chi connectivity index (χ0v) is 14.6. The number of ether oxygens (including phenoxy) is 2. The number of benzene rings is 2. The molecule has 0 aliphatic carbocycles. The van der Waals surface area contributed by atoms with Crippen molar-refractivity contribution in [2.45, 2.75) is 13.8 Å². The van der Waals surface area contributed by atoms with Crippen molar-refractivity contribution in [2.75, 3.05) is 6.79 Å². The molecule has 0 atom stereocenters. The lowest BCUT2D eigenvalue weighted by Crippen LogP contribution is -1.93. The lowest BCUT2D eigenvalue weighted by Gasteiger charge is -2.01. The zero-order chi connectivity index (χ0) is 19.1. The number of nitriles is 1. The second kappa shape index (κ2) is 6.14. The third kappa shape index (κ3) is 2.85. The predicted octanol–water partition coefficient (Wildman–Crippen LogP) is 3.88. The number of aromatic nitrogens is 2. The van der Waals surface area contributed by atoms with Gasteiger partial charge in [0.05, 0.1) is 33.2 Å². The molecule has 0 unspecified atom stereocenters. The molecule has 134 valence electrons. The second-order valence-electron chi connectivity index (χ2n) is 6.23. The van der Waals surface area contributed by atoms with E-state index in [1.807, 2.05) is 26.0 Å². The summed E-state index contributed by atoms with van der Waals surface area (Å²) in [4.78, 5) is 18.5. The number of allylic oxidation sites excluding steroid dienone is 1. The van der Waals surface area contributed by atoms with Crippen molar-refractivity contribution in [1.82, 2.24) is 9.97 Å². The van der Waals surface area contributed by atoms with Crippen LogP contribution in [0.3, 0.4) is 0 Å². The SMILES string of the molecule is Cc1cc2nc(/C(C#N)=C\c3cc4c(cc3[N+](=O)[O-])OCO4)[nH]c2cc1C. The summed E-state index contributed by atoms with van der Waals surface area (Å²) < 4.78 is 10.5. The van der Waals surface area contributed by atoms with Gasteiger partial charge in [0.2, 0.25) is 6.79 Å². The van der Waals surface area contributed by atoms with Gasteiger partial charge < -0.3 is 14.5 Å². The van der Waals surface area contributed by atoms with E-state index in [1.54, 1.807) is 0 Å². The highest BCUT2D eigenvalue weighted by Gasteiger charge is 2.23. The fraction of sp³-hybridized carbons (Fsp3) is 0.158. The summed E-state index contributed by atoms with van der Waals surface area (Å²) in [5.74, 6) is 1.07. The lowest BCUT2D eigenvalue weighted by atomic mass is 10.1. The van der Waals surface area contributed by atoms with E-state index in [1.165, 1.54) is 18.2 Å². The molecule has 0 saturated heterocycles. The summed E-state index contributed by atoms with van der Waals surface area (Å²) in [7, 11) is 0. The van der Waals surface area contributed by atoms with Gasteiger partial charge >= 0.3 is 0 Å². The van der Waals surface area contributed by atoms with Crippen LogP contribution >= 0.6 is 0 Å². The number of nitro benzene ring substituents is 1. The summed E-state index contributed by atoms with van der Waals surface area (Å²) in [6, 6.07) is 8.75. The Morgan fingerprint density at radius 2 is 1.96 bits per heavy atom. The molecule has 1 N–H and O–H groups in total. The molecule has 0 spiro atoms. The Labute approximate surface area is 153 Å². The second-order valence-corrected chi connectivity index (χ2v) is 6.23. The maximum atomic E-state index is 11.4. The van der Waals surface area contributed by atoms with Crippen molar-refractivity contribution >= 4 is 28.4 Å².